The molecule has 3 aliphatic rings. The molecule has 3 saturated heterocycles. The molecule has 2 bridgehead atoms. The van der Waals surface area contributed by atoms with Gasteiger partial charge < -0.3 is 9.84 Å². The molecule has 0 amide bonds. The molecule has 0 spiro atoms. The molecule has 0 radical (unpaired) electrons. The molecule has 3 rings (SSSR count). The first-order valence-corrected chi connectivity index (χ1v) is 5.36. The van der Waals surface area contributed by atoms with E-state index in [9.17, 15) is 9.90 Å². The van der Waals surface area contributed by atoms with Crippen LogP contribution in [0.25, 0.3) is 0 Å². The number of Topliss-reactive ketones (excluding diaryl/α,β-unsaturated/α-hetero) is 1. The first-order valence-electron chi connectivity index (χ1n) is 6.86. The first-order chi connectivity index (χ1) is 8.30. The van der Waals surface area contributed by atoms with E-state index in [0.717, 1.165) is 12.8 Å². The van der Waals surface area contributed by atoms with E-state index < -0.39 is 12.6 Å². The predicted octanol–water partition coefficient (Wildman–Crippen LogP) is 0.0471. The number of hydrogen-bond donors (Lipinski definition) is 1. The van der Waals surface area contributed by atoms with Gasteiger partial charge in [-0.3, -0.25) is 9.69 Å². The Hall–Kier alpha value is -0.450. The van der Waals surface area contributed by atoms with Crippen molar-refractivity contribution >= 4 is 5.78 Å². The van der Waals surface area contributed by atoms with Crippen LogP contribution >= 0.6 is 0 Å². The first kappa shape index (κ1) is 7.76. The molecule has 1 N–H and O–H groups in total. The maximum atomic E-state index is 12.3. The van der Waals surface area contributed by atoms with Crippen molar-refractivity contribution in [3.05, 3.63) is 0 Å². The van der Waals surface area contributed by atoms with E-state index in [1.54, 1.807) is 0 Å². The highest BCUT2D eigenvalue weighted by Gasteiger charge is 2.55. The van der Waals surface area contributed by atoms with Gasteiger partial charge in [-0.15, -0.1) is 0 Å². The molecular weight excluding hydrogens is 194 g/mol. The number of rotatable bonds is 3. The molecular formula is C11H19NO3. The average molecular weight is 216 g/mol. The maximum absolute atomic E-state index is 12.3. The highest BCUT2D eigenvalue weighted by molar-refractivity contribution is 5.92. The van der Waals surface area contributed by atoms with Gasteiger partial charge in [0.25, 0.3) is 0 Å². The van der Waals surface area contributed by atoms with Crippen molar-refractivity contribution in [3.8, 4) is 0 Å². The Morgan fingerprint density at radius 2 is 2.60 bits per heavy atom. The number of aliphatic hydroxyl groups excluding tert-OH is 1. The number of carbonyl (C=O) groups is 1. The van der Waals surface area contributed by atoms with Crippen molar-refractivity contribution < 1.29 is 18.8 Å². The summed E-state index contributed by atoms with van der Waals surface area (Å²) in [6.45, 7) is 2.06. The normalized spacial score (nSPS) is 48.5. The summed E-state index contributed by atoms with van der Waals surface area (Å²) in [6.07, 6.45) is 1.58. The van der Waals surface area contributed by atoms with Crippen LogP contribution in [0.1, 0.15) is 23.9 Å². The standard InChI is InChI=1S/C11H19NO3/c1-8-5-9-3-4-12(8)11(6-13,7-15-2)10(9)14/h8-9,13H,3-7H2,1-2H3/t8-,9+,11-/m1/s1/i2D3. The van der Waals surface area contributed by atoms with E-state index >= 15 is 0 Å². The van der Waals surface area contributed by atoms with Crippen LogP contribution in [0.15, 0.2) is 0 Å². The largest absolute Gasteiger partial charge is 0.394 e. The lowest BCUT2D eigenvalue weighted by Crippen LogP contribution is -2.71. The highest BCUT2D eigenvalue weighted by Crippen LogP contribution is 2.39. The third-order valence-electron chi connectivity index (χ3n) is 3.83. The van der Waals surface area contributed by atoms with Gasteiger partial charge in [0.05, 0.1) is 17.3 Å². The molecule has 3 aliphatic heterocycles. The second-order valence-electron chi connectivity index (χ2n) is 4.61. The Bertz CT molecular complexity index is 347. The van der Waals surface area contributed by atoms with Gasteiger partial charge in [0.2, 0.25) is 0 Å². The number of methoxy groups -OCH3 is 1. The second kappa shape index (κ2) is 3.85. The van der Waals surface area contributed by atoms with Crippen LogP contribution in [0.4, 0.5) is 0 Å². The zero-order chi connectivity index (χ0) is 13.6. The van der Waals surface area contributed by atoms with Gasteiger partial charge in [-0.25, -0.2) is 0 Å². The molecule has 4 nitrogen and oxygen atoms in total. The summed E-state index contributed by atoms with van der Waals surface area (Å²) < 4.78 is 26.0. The molecule has 0 saturated carbocycles. The summed E-state index contributed by atoms with van der Waals surface area (Å²) in [4.78, 5) is 14.2. The molecule has 15 heavy (non-hydrogen) atoms. The minimum atomic E-state index is -2.54. The average Bonchev–Trinajstić information content (AvgIpc) is 2.29. The number of nitrogens with zero attached hydrogens (tertiary/aromatic N) is 1. The fourth-order valence-electron chi connectivity index (χ4n) is 3.06. The van der Waals surface area contributed by atoms with Gasteiger partial charge in [0, 0.05) is 25.5 Å². The summed E-state index contributed by atoms with van der Waals surface area (Å²) in [7, 11) is -2.54. The number of ether oxygens (including phenoxy) is 1. The van der Waals surface area contributed by atoms with Crippen LogP contribution in [0.5, 0.6) is 0 Å². The molecule has 0 aromatic rings. The Balaban J connectivity index is 2.22. The van der Waals surface area contributed by atoms with Crippen LogP contribution < -0.4 is 0 Å². The van der Waals surface area contributed by atoms with Crippen LogP contribution in [0.3, 0.4) is 0 Å². The lowest BCUT2D eigenvalue weighted by molar-refractivity contribution is -0.164. The topological polar surface area (TPSA) is 49.8 Å². The Morgan fingerprint density at radius 1 is 1.80 bits per heavy atom. The third-order valence-corrected chi connectivity index (χ3v) is 3.83. The van der Waals surface area contributed by atoms with E-state index in [1.165, 1.54) is 0 Å². The fraction of sp³-hybridized carbons (Fsp3) is 0.909. The summed E-state index contributed by atoms with van der Waals surface area (Å²) in [5.41, 5.74) is -1.16. The van der Waals surface area contributed by atoms with Gasteiger partial charge in [0.15, 0.2) is 5.78 Å². The van der Waals surface area contributed by atoms with Gasteiger partial charge in [-0.2, -0.15) is 0 Å². The van der Waals surface area contributed by atoms with Crippen molar-refractivity contribution in [2.24, 2.45) is 5.92 Å². The van der Waals surface area contributed by atoms with E-state index in [-0.39, 0.29) is 31.0 Å². The number of piperidine rings is 3. The Morgan fingerprint density at radius 3 is 3.20 bits per heavy atom. The van der Waals surface area contributed by atoms with E-state index in [2.05, 4.69) is 0 Å². The molecule has 1 unspecified atom stereocenters. The third kappa shape index (κ3) is 1.43. The molecule has 0 aliphatic carbocycles. The molecule has 86 valence electrons. The number of hydrogen-bond acceptors (Lipinski definition) is 4. The minimum Gasteiger partial charge on any atom is -0.394 e. The summed E-state index contributed by atoms with van der Waals surface area (Å²) in [5.74, 6) is -0.143. The van der Waals surface area contributed by atoms with Crippen molar-refractivity contribution in [2.75, 3.05) is 26.8 Å². The van der Waals surface area contributed by atoms with Gasteiger partial charge in [-0.1, -0.05) is 0 Å². The minimum absolute atomic E-state index is 0.0707. The fourth-order valence-corrected chi connectivity index (χ4v) is 3.06. The van der Waals surface area contributed by atoms with E-state index in [1.807, 2.05) is 11.8 Å². The van der Waals surface area contributed by atoms with E-state index in [4.69, 9.17) is 8.85 Å². The quantitative estimate of drug-likeness (QED) is 0.724. The zero-order valence-corrected chi connectivity index (χ0v) is 8.90. The van der Waals surface area contributed by atoms with Gasteiger partial charge >= 0.3 is 0 Å². The van der Waals surface area contributed by atoms with Crippen molar-refractivity contribution in [3.63, 3.8) is 0 Å². The van der Waals surface area contributed by atoms with Crippen LogP contribution in [-0.4, -0.2) is 54.2 Å². The van der Waals surface area contributed by atoms with Crippen LogP contribution in [0.2, 0.25) is 0 Å². The number of aliphatic hydroxyl groups is 1. The van der Waals surface area contributed by atoms with Crippen LogP contribution in [-0.2, 0) is 9.53 Å². The predicted molar refractivity (Wildman–Crippen MR) is 55.6 cm³/mol. The van der Waals surface area contributed by atoms with Gasteiger partial charge in [-0.05, 0) is 19.8 Å². The van der Waals surface area contributed by atoms with E-state index in [0.29, 0.717) is 6.54 Å². The molecule has 4 atom stereocenters. The zero-order valence-electron chi connectivity index (χ0n) is 11.9. The van der Waals surface area contributed by atoms with Crippen LogP contribution in [0, 0.1) is 5.92 Å². The molecule has 0 aromatic carbocycles. The SMILES string of the molecule is [2H]C([2H])([2H])OC[C@]1(CO)C(=O)[C@H]2CCN1[C@H](C)C2. The second-order valence-corrected chi connectivity index (χ2v) is 4.61. The van der Waals surface area contributed by atoms with Crippen molar-refractivity contribution in [1.29, 1.82) is 0 Å². The number of ketones is 1. The highest BCUT2D eigenvalue weighted by atomic mass is 16.5. The maximum Gasteiger partial charge on any atom is 0.161 e. The smallest absolute Gasteiger partial charge is 0.161 e. The lowest BCUT2D eigenvalue weighted by atomic mass is 9.71. The molecule has 4 heteroatoms. The van der Waals surface area contributed by atoms with Crippen molar-refractivity contribution in [1.82, 2.24) is 4.90 Å². The number of carbonyl (C=O) groups excluding carboxylic acids is 1. The Labute approximate surface area is 94.4 Å². The van der Waals surface area contributed by atoms with Crippen molar-refractivity contribution in [2.45, 2.75) is 31.3 Å². The number of fused-ring (bicyclic) bond motifs is 3. The lowest BCUT2D eigenvalue weighted by Gasteiger charge is -2.55. The molecule has 3 fully saturated rings. The molecule has 3 heterocycles. The summed E-state index contributed by atoms with van der Waals surface area (Å²) in [5, 5.41) is 9.62. The molecule has 0 aromatic heterocycles. The summed E-state index contributed by atoms with van der Waals surface area (Å²) >= 11 is 0. The summed E-state index contributed by atoms with van der Waals surface area (Å²) in [6, 6.07) is 0.175. The monoisotopic (exact) mass is 216 g/mol. The Kier molecular flexibility index (Phi) is 1.99. The van der Waals surface area contributed by atoms with Gasteiger partial charge in [0.1, 0.15) is 5.54 Å².